The van der Waals surface area contributed by atoms with Gasteiger partial charge in [0, 0.05) is 12.1 Å². The van der Waals surface area contributed by atoms with Gasteiger partial charge in [-0.25, -0.2) is 9.97 Å². The highest BCUT2D eigenvalue weighted by Gasteiger charge is 2.28. The first-order chi connectivity index (χ1) is 13.2. The van der Waals surface area contributed by atoms with Crippen LogP contribution in [0.15, 0.2) is 60.7 Å². The van der Waals surface area contributed by atoms with Crippen LogP contribution in [0.25, 0.3) is 22.9 Å². The average Bonchev–Trinajstić information content (AvgIpc) is 3.05. The molecule has 0 aliphatic heterocycles. The second kappa shape index (κ2) is 6.16. The number of imidazole rings is 1. The third-order valence-corrected chi connectivity index (χ3v) is 5.31. The summed E-state index contributed by atoms with van der Waals surface area (Å²) in [5.74, 6) is 1.01. The molecule has 2 aromatic heterocycles. The third kappa shape index (κ3) is 2.65. The minimum Gasteiger partial charge on any atom is -0.294 e. The molecule has 0 amide bonds. The Morgan fingerprint density at radius 3 is 2.63 bits per heavy atom. The molecule has 0 radical (unpaired) electrons. The second-order valence-electron chi connectivity index (χ2n) is 7.12. The molecule has 0 bridgehead atoms. The van der Waals surface area contributed by atoms with Gasteiger partial charge in [-0.05, 0) is 37.0 Å². The number of Topliss-reactive ketones (excluding diaryl/α,β-unsaturated/α-hetero) is 1. The van der Waals surface area contributed by atoms with Crippen LogP contribution in [-0.2, 0) is 6.42 Å². The first-order valence-electron chi connectivity index (χ1n) is 9.24. The molecular formula is C23H19N3O. The SMILES string of the molecule is Cc1c2c(nc3nc4ccccc4n13)CC(/C=C/c1ccccc1)CC2=O. The molecule has 4 aromatic rings. The van der Waals surface area contributed by atoms with Crippen LogP contribution in [0.4, 0.5) is 0 Å². The maximum atomic E-state index is 12.9. The van der Waals surface area contributed by atoms with Crippen molar-refractivity contribution in [1.82, 2.24) is 14.4 Å². The van der Waals surface area contributed by atoms with E-state index in [4.69, 9.17) is 4.98 Å². The summed E-state index contributed by atoms with van der Waals surface area (Å²) in [4.78, 5) is 22.3. The summed E-state index contributed by atoms with van der Waals surface area (Å²) in [6.07, 6.45) is 5.53. The van der Waals surface area contributed by atoms with Crippen molar-refractivity contribution in [3.8, 4) is 0 Å². The number of carbonyl (C=O) groups excluding carboxylic acids is 1. The van der Waals surface area contributed by atoms with Gasteiger partial charge in [-0.15, -0.1) is 0 Å². The van der Waals surface area contributed by atoms with Crippen LogP contribution in [0, 0.1) is 12.8 Å². The molecule has 4 nitrogen and oxygen atoms in total. The minimum absolute atomic E-state index is 0.170. The minimum atomic E-state index is 0.170. The number of aromatic nitrogens is 3. The lowest BCUT2D eigenvalue weighted by molar-refractivity contribution is 0.0956. The number of allylic oxidation sites excluding steroid dienone is 1. The molecule has 132 valence electrons. The van der Waals surface area contributed by atoms with Crippen LogP contribution in [0.2, 0.25) is 0 Å². The Balaban J connectivity index is 1.58. The van der Waals surface area contributed by atoms with Crippen molar-refractivity contribution in [2.75, 3.05) is 0 Å². The van der Waals surface area contributed by atoms with E-state index in [1.807, 2.05) is 53.8 Å². The molecule has 1 aliphatic carbocycles. The van der Waals surface area contributed by atoms with E-state index >= 15 is 0 Å². The van der Waals surface area contributed by atoms with E-state index in [1.165, 1.54) is 0 Å². The fourth-order valence-electron chi connectivity index (χ4n) is 4.03. The number of ketones is 1. The van der Waals surface area contributed by atoms with E-state index < -0.39 is 0 Å². The van der Waals surface area contributed by atoms with Crippen LogP contribution >= 0.6 is 0 Å². The molecule has 0 fully saturated rings. The first kappa shape index (κ1) is 15.9. The number of benzene rings is 2. The van der Waals surface area contributed by atoms with Gasteiger partial charge in [-0.1, -0.05) is 54.6 Å². The maximum Gasteiger partial charge on any atom is 0.235 e. The van der Waals surface area contributed by atoms with Crippen LogP contribution in [0.3, 0.4) is 0 Å². The topological polar surface area (TPSA) is 47.3 Å². The molecule has 1 unspecified atom stereocenters. The van der Waals surface area contributed by atoms with Gasteiger partial charge in [0.25, 0.3) is 0 Å². The first-order valence-corrected chi connectivity index (χ1v) is 9.24. The van der Waals surface area contributed by atoms with Crippen LogP contribution in [-0.4, -0.2) is 20.2 Å². The van der Waals surface area contributed by atoms with Crippen molar-refractivity contribution in [3.05, 3.63) is 83.2 Å². The summed E-state index contributed by atoms with van der Waals surface area (Å²) >= 11 is 0. The van der Waals surface area contributed by atoms with E-state index in [2.05, 4.69) is 29.3 Å². The van der Waals surface area contributed by atoms with Crippen molar-refractivity contribution >= 4 is 28.7 Å². The molecule has 0 N–H and O–H groups in total. The predicted octanol–water partition coefficient (Wildman–Crippen LogP) is 4.65. The van der Waals surface area contributed by atoms with Gasteiger partial charge in [0.2, 0.25) is 5.78 Å². The second-order valence-corrected chi connectivity index (χ2v) is 7.12. The Bertz CT molecular complexity index is 1200. The van der Waals surface area contributed by atoms with Gasteiger partial charge in [0.1, 0.15) is 0 Å². The number of hydrogen-bond acceptors (Lipinski definition) is 3. The van der Waals surface area contributed by atoms with E-state index in [0.29, 0.717) is 12.2 Å². The lowest BCUT2D eigenvalue weighted by Gasteiger charge is -2.22. The highest BCUT2D eigenvalue weighted by molar-refractivity contribution is 6.00. The fraction of sp³-hybridized carbons (Fsp3) is 0.174. The fourth-order valence-corrected chi connectivity index (χ4v) is 4.03. The molecule has 1 aliphatic rings. The van der Waals surface area contributed by atoms with E-state index in [0.717, 1.165) is 40.0 Å². The normalized spacial score (nSPS) is 17.1. The quantitative estimate of drug-likeness (QED) is 0.527. The summed E-state index contributed by atoms with van der Waals surface area (Å²) in [6.45, 7) is 2.00. The summed E-state index contributed by atoms with van der Waals surface area (Å²) in [5, 5.41) is 0. The molecule has 1 atom stereocenters. The Labute approximate surface area is 157 Å². The van der Waals surface area contributed by atoms with Gasteiger partial charge in [0.15, 0.2) is 5.78 Å². The van der Waals surface area contributed by atoms with Gasteiger partial charge in [-0.3, -0.25) is 9.20 Å². The summed E-state index contributed by atoms with van der Waals surface area (Å²) < 4.78 is 2.01. The van der Waals surface area contributed by atoms with Crippen molar-refractivity contribution in [3.63, 3.8) is 0 Å². The molecule has 5 rings (SSSR count). The highest BCUT2D eigenvalue weighted by Crippen LogP contribution is 2.30. The molecule has 2 aromatic carbocycles. The van der Waals surface area contributed by atoms with Gasteiger partial charge in [0.05, 0.1) is 22.3 Å². The van der Waals surface area contributed by atoms with E-state index in [9.17, 15) is 4.79 Å². The molecule has 27 heavy (non-hydrogen) atoms. The number of fused-ring (bicyclic) bond motifs is 4. The Hall–Kier alpha value is -3.27. The molecule has 0 saturated heterocycles. The smallest absolute Gasteiger partial charge is 0.235 e. The summed E-state index contributed by atoms with van der Waals surface area (Å²) in [5.41, 5.74) is 5.64. The van der Waals surface area contributed by atoms with Crippen molar-refractivity contribution in [2.45, 2.75) is 19.8 Å². The number of para-hydroxylation sites is 2. The van der Waals surface area contributed by atoms with E-state index in [1.54, 1.807) is 0 Å². The zero-order valence-electron chi connectivity index (χ0n) is 15.1. The summed E-state index contributed by atoms with van der Waals surface area (Å²) in [7, 11) is 0. The van der Waals surface area contributed by atoms with Crippen LogP contribution in [0.5, 0.6) is 0 Å². The van der Waals surface area contributed by atoms with Crippen molar-refractivity contribution in [2.24, 2.45) is 5.92 Å². The molecular weight excluding hydrogens is 334 g/mol. The lowest BCUT2D eigenvalue weighted by Crippen LogP contribution is -2.23. The number of rotatable bonds is 2. The average molecular weight is 353 g/mol. The number of nitrogens with zero attached hydrogens (tertiary/aromatic N) is 3. The summed E-state index contributed by atoms with van der Waals surface area (Å²) in [6, 6.07) is 18.1. The third-order valence-electron chi connectivity index (χ3n) is 5.31. The Morgan fingerprint density at radius 1 is 1.00 bits per heavy atom. The Morgan fingerprint density at radius 2 is 1.78 bits per heavy atom. The monoisotopic (exact) mass is 353 g/mol. The number of carbonyl (C=O) groups is 1. The standard InChI is InChI=1S/C23H19N3O/c1-15-22-19(25-23-24-18-9-5-6-10-20(18)26(15)23)13-17(14-21(22)27)12-11-16-7-3-2-4-8-16/h2-12,17H,13-14H2,1H3/b12-11+. The predicted molar refractivity (Wildman–Crippen MR) is 107 cm³/mol. The van der Waals surface area contributed by atoms with Crippen LogP contribution < -0.4 is 0 Å². The molecule has 0 spiro atoms. The lowest BCUT2D eigenvalue weighted by atomic mass is 9.84. The highest BCUT2D eigenvalue weighted by atomic mass is 16.1. The van der Waals surface area contributed by atoms with Gasteiger partial charge < -0.3 is 0 Å². The van der Waals surface area contributed by atoms with Gasteiger partial charge >= 0.3 is 0 Å². The van der Waals surface area contributed by atoms with Crippen molar-refractivity contribution < 1.29 is 4.79 Å². The molecule has 2 heterocycles. The Kier molecular flexibility index (Phi) is 3.64. The number of hydrogen-bond donors (Lipinski definition) is 0. The number of aryl methyl sites for hydroxylation is 1. The van der Waals surface area contributed by atoms with E-state index in [-0.39, 0.29) is 11.7 Å². The van der Waals surface area contributed by atoms with Crippen molar-refractivity contribution in [1.29, 1.82) is 0 Å². The zero-order valence-corrected chi connectivity index (χ0v) is 15.1. The maximum absolute atomic E-state index is 12.9. The molecule has 4 heteroatoms. The molecule has 0 saturated carbocycles. The van der Waals surface area contributed by atoms with Gasteiger partial charge in [-0.2, -0.15) is 0 Å². The largest absolute Gasteiger partial charge is 0.294 e. The zero-order chi connectivity index (χ0) is 18.4. The van der Waals surface area contributed by atoms with Crippen LogP contribution in [0.1, 0.15) is 33.7 Å².